The van der Waals surface area contributed by atoms with Crippen molar-refractivity contribution in [2.24, 2.45) is 0 Å². The summed E-state index contributed by atoms with van der Waals surface area (Å²) in [5.74, 6) is 0.875. The predicted molar refractivity (Wildman–Crippen MR) is 64.8 cm³/mol. The van der Waals surface area contributed by atoms with Gasteiger partial charge in [-0.05, 0) is 19.3 Å². The standard InChI is InChI=1S/C12H23N3/c1-3-5-7-8-11-12(13)15(10-14-11)9-6-4-2/h10H,3-9,13H2,1-2H3. The number of nitrogens with zero attached hydrogens (tertiary/aromatic N) is 2. The van der Waals surface area contributed by atoms with Crippen LogP contribution in [0.15, 0.2) is 6.33 Å². The number of hydrogen-bond acceptors (Lipinski definition) is 2. The molecule has 0 atom stereocenters. The third-order valence-electron chi connectivity index (χ3n) is 2.73. The zero-order valence-corrected chi connectivity index (χ0v) is 10.00. The summed E-state index contributed by atoms with van der Waals surface area (Å²) in [6, 6.07) is 0. The summed E-state index contributed by atoms with van der Waals surface area (Å²) in [7, 11) is 0. The Balaban J connectivity index is 2.47. The van der Waals surface area contributed by atoms with E-state index in [1.807, 2.05) is 6.33 Å². The molecule has 0 amide bonds. The summed E-state index contributed by atoms with van der Waals surface area (Å²) in [6.07, 6.45) is 8.99. The Labute approximate surface area is 92.7 Å². The normalized spacial score (nSPS) is 10.8. The number of nitrogens with two attached hydrogens (primary N) is 1. The van der Waals surface area contributed by atoms with Crippen LogP contribution in [0.4, 0.5) is 5.82 Å². The van der Waals surface area contributed by atoms with Gasteiger partial charge in [-0.2, -0.15) is 0 Å². The first kappa shape index (κ1) is 12.1. The third-order valence-corrected chi connectivity index (χ3v) is 2.73. The molecule has 0 aliphatic carbocycles. The summed E-state index contributed by atoms with van der Waals surface area (Å²) < 4.78 is 2.07. The molecule has 1 aromatic rings. The van der Waals surface area contributed by atoms with Crippen LogP contribution in [0.5, 0.6) is 0 Å². The molecule has 0 aliphatic heterocycles. The lowest BCUT2D eigenvalue weighted by atomic mass is 10.1. The van der Waals surface area contributed by atoms with Gasteiger partial charge in [-0.25, -0.2) is 4.98 Å². The molecule has 3 heteroatoms. The summed E-state index contributed by atoms with van der Waals surface area (Å²) >= 11 is 0. The quantitative estimate of drug-likeness (QED) is 0.701. The number of rotatable bonds is 7. The van der Waals surface area contributed by atoms with Crippen LogP contribution in [0.1, 0.15) is 51.6 Å². The minimum absolute atomic E-state index is 0.875. The zero-order chi connectivity index (χ0) is 11.1. The Morgan fingerprint density at radius 3 is 2.60 bits per heavy atom. The summed E-state index contributed by atoms with van der Waals surface area (Å²) in [4.78, 5) is 4.38. The molecule has 0 bridgehead atoms. The Kier molecular flexibility index (Phi) is 5.22. The summed E-state index contributed by atoms with van der Waals surface area (Å²) in [6.45, 7) is 5.40. The van der Waals surface area contributed by atoms with Crippen molar-refractivity contribution in [3.8, 4) is 0 Å². The van der Waals surface area contributed by atoms with Gasteiger partial charge >= 0.3 is 0 Å². The van der Waals surface area contributed by atoms with Gasteiger partial charge in [0.2, 0.25) is 0 Å². The van der Waals surface area contributed by atoms with Gasteiger partial charge in [0, 0.05) is 6.54 Å². The second-order valence-electron chi connectivity index (χ2n) is 4.08. The highest BCUT2D eigenvalue weighted by Gasteiger charge is 2.06. The molecule has 3 nitrogen and oxygen atoms in total. The van der Waals surface area contributed by atoms with Gasteiger partial charge in [-0.15, -0.1) is 0 Å². The molecular weight excluding hydrogens is 186 g/mol. The highest BCUT2D eigenvalue weighted by molar-refractivity contribution is 5.35. The van der Waals surface area contributed by atoms with Gasteiger partial charge in [0.1, 0.15) is 5.82 Å². The van der Waals surface area contributed by atoms with Crippen molar-refractivity contribution in [3.05, 3.63) is 12.0 Å². The van der Waals surface area contributed by atoms with Crippen molar-refractivity contribution in [2.75, 3.05) is 5.73 Å². The van der Waals surface area contributed by atoms with Crippen molar-refractivity contribution >= 4 is 5.82 Å². The van der Waals surface area contributed by atoms with E-state index in [0.29, 0.717) is 0 Å². The predicted octanol–water partition coefficient (Wildman–Crippen LogP) is 3.00. The topological polar surface area (TPSA) is 43.8 Å². The molecule has 2 N–H and O–H groups in total. The average Bonchev–Trinajstić information content (AvgIpc) is 2.58. The molecule has 1 heterocycles. The molecule has 0 saturated carbocycles. The second kappa shape index (κ2) is 6.49. The third kappa shape index (κ3) is 3.57. The number of unbranched alkanes of at least 4 members (excludes halogenated alkanes) is 3. The van der Waals surface area contributed by atoms with Gasteiger partial charge < -0.3 is 10.3 Å². The van der Waals surface area contributed by atoms with E-state index in [9.17, 15) is 0 Å². The van der Waals surface area contributed by atoms with Gasteiger partial charge in [-0.3, -0.25) is 0 Å². The van der Waals surface area contributed by atoms with E-state index in [-0.39, 0.29) is 0 Å². The SMILES string of the molecule is CCCCCc1ncn(CCCC)c1N. The van der Waals surface area contributed by atoms with Crippen molar-refractivity contribution in [1.29, 1.82) is 0 Å². The van der Waals surface area contributed by atoms with Crippen molar-refractivity contribution in [2.45, 2.75) is 58.9 Å². The minimum atomic E-state index is 0.875. The van der Waals surface area contributed by atoms with Crippen LogP contribution in [0.2, 0.25) is 0 Å². The number of imidazole rings is 1. The monoisotopic (exact) mass is 209 g/mol. The average molecular weight is 209 g/mol. The van der Waals surface area contributed by atoms with Crippen LogP contribution in [-0.2, 0) is 13.0 Å². The number of nitrogen functional groups attached to an aromatic ring is 1. The molecule has 86 valence electrons. The molecule has 0 aliphatic rings. The van der Waals surface area contributed by atoms with E-state index in [2.05, 4.69) is 23.4 Å². The number of anilines is 1. The fraction of sp³-hybridized carbons (Fsp3) is 0.750. The van der Waals surface area contributed by atoms with Gasteiger partial charge in [0.05, 0.1) is 12.0 Å². The Morgan fingerprint density at radius 1 is 1.20 bits per heavy atom. The van der Waals surface area contributed by atoms with E-state index >= 15 is 0 Å². The molecule has 0 saturated heterocycles. The maximum atomic E-state index is 6.03. The lowest BCUT2D eigenvalue weighted by Gasteiger charge is -2.04. The lowest BCUT2D eigenvalue weighted by molar-refractivity contribution is 0.637. The van der Waals surface area contributed by atoms with Gasteiger partial charge in [-0.1, -0.05) is 33.1 Å². The van der Waals surface area contributed by atoms with Crippen LogP contribution >= 0.6 is 0 Å². The van der Waals surface area contributed by atoms with Crippen LogP contribution < -0.4 is 5.73 Å². The summed E-state index contributed by atoms with van der Waals surface area (Å²) in [5, 5.41) is 0. The van der Waals surface area contributed by atoms with Crippen LogP contribution in [0.3, 0.4) is 0 Å². The maximum absolute atomic E-state index is 6.03. The van der Waals surface area contributed by atoms with Crippen LogP contribution in [0, 0.1) is 0 Å². The maximum Gasteiger partial charge on any atom is 0.126 e. The molecule has 0 spiro atoms. The molecule has 0 unspecified atom stereocenters. The first-order valence-electron chi connectivity index (χ1n) is 6.09. The van der Waals surface area contributed by atoms with E-state index in [4.69, 9.17) is 5.73 Å². The Bertz CT molecular complexity index is 278. The van der Waals surface area contributed by atoms with E-state index in [0.717, 1.165) is 24.5 Å². The first-order valence-corrected chi connectivity index (χ1v) is 6.09. The van der Waals surface area contributed by atoms with Crippen LogP contribution in [-0.4, -0.2) is 9.55 Å². The molecule has 0 fully saturated rings. The fourth-order valence-corrected chi connectivity index (χ4v) is 1.68. The number of aromatic nitrogens is 2. The molecular formula is C12H23N3. The largest absolute Gasteiger partial charge is 0.384 e. The van der Waals surface area contributed by atoms with Crippen molar-refractivity contribution in [3.63, 3.8) is 0 Å². The van der Waals surface area contributed by atoms with Crippen LogP contribution in [0.25, 0.3) is 0 Å². The van der Waals surface area contributed by atoms with Gasteiger partial charge in [0.15, 0.2) is 0 Å². The fourth-order valence-electron chi connectivity index (χ4n) is 1.68. The number of hydrogen-bond donors (Lipinski definition) is 1. The molecule has 0 aromatic carbocycles. The highest BCUT2D eigenvalue weighted by atomic mass is 15.1. The Morgan fingerprint density at radius 2 is 1.93 bits per heavy atom. The Hall–Kier alpha value is -0.990. The molecule has 15 heavy (non-hydrogen) atoms. The zero-order valence-electron chi connectivity index (χ0n) is 10.00. The van der Waals surface area contributed by atoms with E-state index < -0.39 is 0 Å². The van der Waals surface area contributed by atoms with E-state index in [1.165, 1.54) is 32.1 Å². The molecule has 1 rings (SSSR count). The smallest absolute Gasteiger partial charge is 0.126 e. The van der Waals surface area contributed by atoms with Crippen molar-refractivity contribution < 1.29 is 0 Å². The molecule has 1 aromatic heterocycles. The van der Waals surface area contributed by atoms with Gasteiger partial charge in [0.25, 0.3) is 0 Å². The molecule has 0 radical (unpaired) electrons. The lowest BCUT2D eigenvalue weighted by Crippen LogP contribution is -2.03. The first-order chi connectivity index (χ1) is 7.29. The second-order valence-corrected chi connectivity index (χ2v) is 4.08. The van der Waals surface area contributed by atoms with E-state index in [1.54, 1.807) is 0 Å². The number of aryl methyl sites for hydroxylation is 2. The minimum Gasteiger partial charge on any atom is -0.384 e. The highest BCUT2D eigenvalue weighted by Crippen LogP contribution is 2.14. The summed E-state index contributed by atoms with van der Waals surface area (Å²) in [5.41, 5.74) is 7.11. The van der Waals surface area contributed by atoms with Crippen molar-refractivity contribution in [1.82, 2.24) is 9.55 Å².